The van der Waals surface area contributed by atoms with Gasteiger partial charge in [0.15, 0.2) is 5.82 Å². The van der Waals surface area contributed by atoms with Crippen LogP contribution in [0.3, 0.4) is 0 Å². The number of benzene rings is 1. The second kappa shape index (κ2) is 4.66. The number of nitrogens with one attached hydrogen (secondary N) is 2. The van der Waals surface area contributed by atoms with Crippen LogP contribution in [0.1, 0.15) is 32.6 Å². The van der Waals surface area contributed by atoms with E-state index in [2.05, 4.69) is 17.6 Å². The molecule has 0 aromatic heterocycles. The topological polar surface area (TPSA) is 24.1 Å². The second-order valence-corrected chi connectivity index (χ2v) is 6.20. The van der Waals surface area contributed by atoms with Crippen molar-refractivity contribution in [3.63, 3.8) is 0 Å². The van der Waals surface area contributed by atoms with E-state index in [1.165, 1.54) is 18.9 Å². The maximum atomic E-state index is 13.8. The van der Waals surface area contributed by atoms with Gasteiger partial charge in [0.25, 0.3) is 0 Å². The van der Waals surface area contributed by atoms with E-state index >= 15 is 0 Å². The van der Waals surface area contributed by atoms with Crippen molar-refractivity contribution in [3.05, 3.63) is 23.8 Å². The predicted octanol–water partition coefficient (Wildman–Crippen LogP) is 4.00. The molecular weight excluding hydrogens is 246 g/mol. The first kappa shape index (κ1) is 12.7. The van der Waals surface area contributed by atoms with Gasteiger partial charge in [-0.2, -0.15) is 0 Å². The van der Waals surface area contributed by atoms with Crippen molar-refractivity contribution in [2.45, 2.75) is 32.6 Å². The minimum absolute atomic E-state index is 0.175. The molecule has 0 saturated heterocycles. The Labute approximate surface area is 112 Å². The molecule has 104 valence electrons. The molecule has 1 spiro atoms. The highest BCUT2D eigenvalue weighted by molar-refractivity contribution is 5.70. The standard InChI is InChI=1S/C15H20F2N2/c1-10-2-4-15(5-3-10)8-18-13-7-11(16)6-12(17)14(13)19-9-15/h6-7,10,18-19H,2-5,8-9H2,1H3. The Hall–Kier alpha value is -1.32. The van der Waals surface area contributed by atoms with Gasteiger partial charge < -0.3 is 10.6 Å². The minimum atomic E-state index is -0.529. The van der Waals surface area contributed by atoms with Crippen LogP contribution < -0.4 is 10.6 Å². The summed E-state index contributed by atoms with van der Waals surface area (Å²) in [4.78, 5) is 0. The third-order valence-electron chi connectivity index (χ3n) is 4.68. The highest BCUT2D eigenvalue weighted by Crippen LogP contribution is 2.42. The largest absolute Gasteiger partial charge is 0.383 e. The molecule has 0 radical (unpaired) electrons. The van der Waals surface area contributed by atoms with E-state index < -0.39 is 11.6 Å². The molecule has 2 N–H and O–H groups in total. The summed E-state index contributed by atoms with van der Waals surface area (Å²) in [5.41, 5.74) is 1.14. The number of fused-ring (bicyclic) bond motifs is 1. The Morgan fingerprint density at radius 1 is 1.11 bits per heavy atom. The lowest BCUT2D eigenvalue weighted by Crippen LogP contribution is -2.38. The van der Waals surface area contributed by atoms with E-state index in [1.54, 1.807) is 0 Å². The highest BCUT2D eigenvalue weighted by atomic mass is 19.1. The van der Waals surface area contributed by atoms with Crippen LogP contribution in [0.4, 0.5) is 20.2 Å². The van der Waals surface area contributed by atoms with Crippen LogP contribution >= 0.6 is 0 Å². The molecule has 1 fully saturated rings. The van der Waals surface area contributed by atoms with Crippen LogP contribution in [0.5, 0.6) is 0 Å². The summed E-state index contributed by atoms with van der Waals surface area (Å²) >= 11 is 0. The summed E-state index contributed by atoms with van der Waals surface area (Å²) in [6.45, 7) is 3.85. The lowest BCUT2D eigenvalue weighted by Gasteiger charge is -2.38. The van der Waals surface area contributed by atoms with Crippen molar-refractivity contribution < 1.29 is 8.78 Å². The Morgan fingerprint density at radius 2 is 1.79 bits per heavy atom. The van der Waals surface area contributed by atoms with Crippen LogP contribution in [0.2, 0.25) is 0 Å². The van der Waals surface area contributed by atoms with Gasteiger partial charge in [0.05, 0.1) is 11.4 Å². The molecule has 1 saturated carbocycles. The van der Waals surface area contributed by atoms with Crippen molar-refractivity contribution in [1.29, 1.82) is 0 Å². The van der Waals surface area contributed by atoms with Crippen LogP contribution in [0, 0.1) is 23.0 Å². The van der Waals surface area contributed by atoms with E-state index in [4.69, 9.17) is 0 Å². The molecule has 1 aromatic rings. The minimum Gasteiger partial charge on any atom is -0.383 e. The van der Waals surface area contributed by atoms with Crippen molar-refractivity contribution in [3.8, 4) is 0 Å². The molecule has 1 aliphatic heterocycles. The fourth-order valence-corrected chi connectivity index (χ4v) is 3.24. The second-order valence-electron chi connectivity index (χ2n) is 6.20. The molecule has 1 heterocycles. The van der Waals surface area contributed by atoms with Gasteiger partial charge in [0, 0.05) is 24.6 Å². The summed E-state index contributed by atoms with van der Waals surface area (Å²) in [5.74, 6) is -0.257. The number of hydrogen-bond donors (Lipinski definition) is 2. The fraction of sp³-hybridized carbons (Fsp3) is 0.600. The first-order chi connectivity index (χ1) is 9.08. The van der Waals surface area contributed by atoms with Crippen molar-refractivity contribution >= 4 is 11.4 Å². The molecule has 0 unspecified atom stereocenters. The smallest absolute Gasteiger partial charge is 0.151 e. The lowest BCUT2D eigenvalue weighted by molar-refractivity contribution is 0.185. The van der Waals surface area contributed by atoms with Gasteiger partial charge in [0.2, 0.25) is 0 Å². The predicted molar refractivity (Wildman–Crippen MR) is 73.4 cm³/mol. The Balaban J connectivity index is 1.83. The van der Waals surface area contributed by atoms with Gasteiger partial charge in [0.1, 0.15) is 5.82 Å². The molecule has 3 rings (SSSR count). The van der Waals surface area contributed by atoms with Crippen LogP contribution in [-0.2, 0) is 0 Å². The van der Waals surface area contributed by atoms with Crippen LogP contribution in [0.15, 0.2) is 12.1 Å². The maximum absolute atomic E-state index is 13.8. The van der Waals surface area contributed by atoms with Gasteiger partial charge in [-0.1, -0.05) is 19.8 Å². The van der Waals surface area contributed by atoms with Gasteiger partial charge in [-0.15, -0.1) is 0 Å². The highest BCUT2D eigenvalue weighted by Gasteiger charge is 2.36. The first-order valence-electron chi connectivity index (χ1n) is 7.05. The lowest BCUT2D eigenvalue weighted by atomic mass is 9.71. The third-order valence-corrected chi connectivity index (χ3v) is 4.68. The Kier molecular flexibility index (Phi) is 3.11. The van der Waals surface area contributed by atoms with E-state index in [0.29, 0.717) is 11.4 Å². The van der Waals surface area contributed by atoms with Crippen molar-refractivity contribution in [2.75, 3.05) is 23.7 Å². The molecule has 1 aromatic carbocycles. The molecule has 0 amide bonds. The van der Waals surface area contributed by atoms with Gasteiger partial charge in [-0.25, -0.2) is 8.78 Å². The normalized spacial score (nSPS) is 30.2. The number of halogens is 2. The van der Waals surface area contributed by atoms with Crippen molar-refractivity contribution in [1.82, 2.24) is 0 Å². The summed E-state index contributed by atoms with van der Waals surface area (Å²) < 4.78 is 27.1. The average Bonchev–Trinajstić information content (AvgIpc) is 2.55. The van der Waals surface area contributed by atoms with Crippen LogP contribution in [0.25, 0.3) is 0 Å². The van der Waals surface area contributed by atoms with Crippen molar-refractivity contribution in [2.24, 2.45) is 11.3 Å². The molecule has 0 atom stereocenters. The summed E-state index contributed by atoms with van der Waals surface area (Å²) in [6, 6.07) is 2.31. The van der Waals surface area contributed by atoms with E-state index in [9.17, 15) is 8.78 Å². The quantitative estimate of drug-likeness (QED) is 0.741. The SMILES string of the molecule is CC1CCC2(CC1)CNc1cc(F)cc(F)c1NC2. The molecule has 4 heteroatoms. The zero-order valence-electron chi connectivity index (χ0n) is 11.2. The Bertz CT molecular complexity index is 479. The first-order valence-corrected chi connectivity index (χ1v) is 7.05. The summed E-state index contributed by atoms with van der Waals surface area (Å²) in [5, 5.41) is 6.43. The number of hydrogen-bond acceptors (Lipinski definition) is 2. The Morgan fingerprint density at radius 3 is 2.53 bits per heavy atom. The third kappa shape index (κ3) is 2.40. The molecule has 19 heavy (non-hydrogen) atoms. The summed E-state index contributed by atoms with van der Waals surface area (Å²) in [6.07, 6.45) is 4.73. The zero-order chi connectivity index (χ0) is 13.5. The molecule has 1 aliphatic carbocycles. The van der Waals surface area contributed by atoms with Gasteiger partial charge >= 0.3 is 0 Å². The average molecular weight is 266 g/mol. The van der Waals surface area contributed by atoms with Crippen LogP contribution in [-0.4, -0.2) is 13.1 Å². The molecule has 2 aliphatic rings. The fourth-order valence-electron chi connectivity index (χ4n) is 3.24. The molecular formula is C15H20F2N2. The molecule has 0 bridgehead atoms. The van der Waals surface area contributed by atoms with E-state index in [1.807, 2.05) is 0 Å². The maximum Gasteiger partial charge on any atom is 0.151 e. The summed E-state index contributed by atoms with van der Waals surface area (Å²) in [7, 11) is 0. The zero-order valence-corrected chi connectivity index (χ0v) is 11.2. The van der Waals surface area contributed by atoms with Gasteiger partial charge in [-0.3, -0.25) is 0 Å². The molecule has 2 nitrogen and oxygen atoms in total. The van der Waals surface area contributed by atoms with E-state index in [-0.39, 0.29) is 5.41 Å². The number of anilines is 2. The van der Waals surface area contributed by atoms with E-state index in [0.717, 1.165) is 37.9 Å². The van der Waals surface area contributed by atoms with Gasteiger partial charge in [-0.05, 0) is 24.8 Å². The number of rotatable bonds is 0. The monoisotopic (exact) mass is 266 g/mol.